The summed E-state index contributed by atoms with van der Waals surface area (Å²) in [6, 6.07) is 3.46. The first-order valence-electron chi connectivity index (χ1n) is 6.75. The Hall–Kier alpha value is -1.82. The molecule has 1 aromatic rings. The van der Waals surface area contributed by atoms with Crippen LogP contribution in [0.25, 0.3) is 0 Å². The van der Waals surface area contributed by atoms with Crippen LogP contribution in [0, 0.1) is 5.82 Å². The van der Waals surface area contributed by atoms with Gasteiger partial charge in [-0.2, -0.15) is 0 Å². The van der Waals surface area contributed by atoms with Crippen LogP contribution in [0.15, 0.2) is 17.1 Å². The van der Waals surface area contributed by atoms with Crippen molar-refractivity contribution in [3.05, 3.63) is 29.1 Å². The number of benzene rings is 1. The van der Waals surface area contributed by atoms with E-state index in [1.54, 1.807) is 7.05 Å². The highest BCUT2D eigenvalue weighted by Crippen LogP contribution is 2.29. The van der Waals surface area contributed by atoms with E-state index in [9.17, 15) is 4.39 Å². The molecule has 108 valence electrons. The van der Waals surface area contributed by atoms with Crippen molar-refractivity contribution < 1.29 is 13.9 Å². The number of fused-ring (bicyclic) bond motifs is 1. The standard InChI is InChI=1S/C14H18FN3O2/c1-16-14(18-12-2-3-12)17-6-9-4-11(15)5-10-7-19-8-20-13(9)10/h4-5,12H,2-3,6-8H2,1H3,(H2,16,17,18). The maximum Gasteiger partial charge on any atom is 0.191 e. The fourth-order valence-corrected chi connectivity index (χ4v) is 2.18. The Morgan fingerprint density at radius 3 is 3.05 bits per heavy atom. The maximum atomic E-state index is 13.6. The van der Waals surface area contributed by atoms with Crippen LogP contribution in [-0.4, -0.2) is 25.8 Å². The molecule has 3 rings (SSSR count). The van der Waals surface area contributed by atoms with Gasteiger partial charge in [0.15, 0.2) is 12.8 Å². The van der Waals surface area contributed by atoms with E-state index in [1.165, 1.54) is 25.0 Å². The highest BCUT2D eigenvalue weighted by molar-refractivity contribution is 5.80. The van der Waals surface area contributed by atoms with Crippen LogP contribution in [0.2, 0.25) is 0 Å². The van der Waals surface area contributed by atoms with E-state index in [0.717, 1.165) is 17.1 Å². The molecule has 0 radical (unpaired) electrons. The van der Waals surface area contributed by atoms with E-state index in [4.69, 9.17) is 9.47 Å². The van der Waals surface area contributed by atoms with Gasteiger partial charge < -0.3 is 20.1 Å². The van der Waals surface area contributed by atoms with Crippen LogP contribution in [-0.2, 0) is 17.9 Å². The van der Waals surface area contributed by atoms with Gasteiger partial charge in [0.2, 0.25) is 0 Å². The summed E-state index contributed by atoms with van der Waals surface area (Å²) in [5.74, 6) is 1.17. The molecule has 6 heteroatoms. The molecule has 0 atom stereocenters. The van der Waals surface area contributed by atoms with Gasteiger partial charge in [-0.25, -0.2) is 4.39 Å². The summed E-state index contributed by atoms with van der Waals surface area (Å²) in [5, 5.41) is 6.47. The molecule has 0 saturated heterocycles. The molecule has 1 aliphatic heterocycles. The van der Waals surface area contributed by atoms with E-state index < -0.39 is 0 Å². The smallest absolute Gasteiger partial charge is 0.191 e. The second-order valence-electron chi connectivity index (χ2n) is 5.01. The van der Waals surface area contributed by atoms with Gasteiger partial charge in [-0.15, -0.1) is 0 Å². The summed E-state index contributed by atoms with van der Waals surface area (Å²) in [5.41, 5.74) is 1.53. The van der Waals surface area contributed by atoms with E-state index in [2.05, 4.69) is 15.6 Å². The van der Waals surface area contributed by atoms with Crippen molar-refractivity contribution in [2.75, 3.05) is 13.8 Å². The number of nitrogens with one attached hydrogen (secondary N) is 2. The third-order valence-electron chi connectivity index (χ3n) is 3.34. The summed E-state index contributed by atoms with van der Waals surface area (Å²) < 4.78 is 24.2. The van der Waals surface area contributed by atoms with Crippen molar-refractivity contribution in [1.82, 2.24) is 10.6 Å². The molecule has 5 nitrogen and oxygen atoms in total. The van der Waals surface area contributed by atoms with E-state index in [-0.39, 0.29) is 12.6 Å². The summed E-state index contributed by atoms with van der Waals surface area (Å²) in [4.78, 5) is 4.15. The van der Waals surface area contributed by atoms with Gasteiger partial charge in [-0.05, 0) is 25.0 Å². The van der Waals surface area contributed by atoms with Crippen LogP contribution < -0.4 is 15.4 Å². The number of halogens is 1. The van der Waals surface area contributed by atoms with Crippen molar-refractivity contribution in [3.63, 3.8) is 0 Å². The number of hydrogen-bond donors (Lipinski definition) is 2. The number of rotatable bonds is 3. The lowest BCUT2D eigenvalue weighted by atomic mass is 10.1. The lowest BCUT2D eigenvalue weighted by Crippen LogP contribution is -2.38. The number of ether oxygens (including phenoxy) is 2. The third-order valence-corrected chi connectivity index (χ3v) is 3.34. The van der Waals surface area contributed by atoms with Gasteiger partial charge in [0.25, 0.3) is 0 Å². The van der Waals surface area contributed by atoms with E-state index in [1.807, 2.05) is 0 Å². The first kappa shape index (κ1) is 13.2. The molecule has 2 N–H and O–H groups in total. The largest absolute Gasteiger partial charge is 0.467 e. The molecule has 2 aliphatic rings. The average Bonchev–Trinajstić information content (AvgIpc) is 3.26. The van der Waals surface area contributed by atoms with Gasteiger partial charge in [-0.1, -0.05) is 0 Å². The molecule has 0 aromatic heterocycles. The zero-order chi connectivity index (χ0) is 13.9. The fourth-order valence-electron chi connectivity index (χ4n) is 2.18. The van der Waals surface area contributed by atoms with Crippen molar-refractivity contribution in [1.29, 1.82) is 0 Å². The Morgan fingerprint density at radius 2 is 2.30 bits per heavy atom. The monoisotopic (exact) mass is 279 g/mol. The molecule has 1 aliphatic carbocycles. The minimum atomic E-state index is -0.278. The molecule has 0 spiro atoms. The lowest BCUT2D eigenvalue weighted by Gasteiger charge is -2.21. The Morgan fingerprint density at radius 1 is 1.45 bits per heavy atom. The van der Waals surface area contributed by atoms with Gasteiger partial charge in [0, 0.05) is 30.8 Å². The molecular formula is C14H18FN3O2. The minimum absolute atomic E-state index is 0.209. The summed E-state index contributed by atoms with van der Waals surface area (Å²) in [7, 11) is 1.73. The lowest BCUT2D eigenvalue weighted by molar-refractivity contribution is -0.0172. The number of hydrogen-bond acceptors (Lipinski definition) is 3. The number of nitrogens with zero attached hydrogens (tertiary/aromatic N) is 1. The second-order valence-corrected chi connectivity index (χ2v) is 5.01. The minimum Gasteiger partial charge on any atom is -0.467 e. The van der Waals surface area contributed by atoms with Crippen LogP contribution in [0.4, 0.5) is 4.39 Å². The normalized spacial score (nSPS) is 18.2. The fraction of sp³-hybridized carbons (Fsp3) is 0.500. The maximum absolute atomic E-state index is 13.6. The van der Waals surface area contributed by atoms with Crippen LogP contribution in [0.3, 0.4) is 0 Å². The van der Waals surface area contributed by atoms with Gasteiger partial charge in [0.05, 0.1) is 6.61 Å². The highest BCUT2D eigenvalue weighted by Gasteiger charge is 2.22. The van der Waals surface area contributed by atoms with E-state index in [0.29, 0.717) is 24.9 Å². The summed E-state index contributed by atoms with van der Waals surface area (Å²) in [6.07, 6.45) is 2.35. The predicted molar refractivity (Wildman–Crippen MR) is 73.0 cm³/mol. The zero-order valence-corrected chi connectivity index (χ0v) is 11.4. The molecule has 20 heavy (non-hydrogen) atoms. The van der Waals surface area contributed by atoms with Crippen molar-refractivity contribution in [2.24, 2.45) is 4.99 Å². The second kappa shape index (κ2) is 5.66. The summed E-state index contributed by atoms with van der Waals surface area (Å²) >= 11 is 0. The number of aliphatic imine (C=N–C) groups is 1. The molecule has 1 saturated carbocycles. The van der Waals surface area contributed by atoms with Gasteiger partial charge in [-0.3, -0.25) is 4.99 Å². The molecule has 0 unspecified atom stereocenters. The SMILES string of the molecule is CN=C(NCc1cc(F)cc2c1OCOC2)NC1CC1. The quantitative estimate of drug-likeness (QED) is 0.650. The Kier molecular flexibility index (Phi) is 3.73. The Labute approximate surface area is 117 Å². The van der Waals surface area contributed by atoms with Crippen molar-refractivity contribution in [3.8, 4) is 5.75 Å². The zero-order valence-electron chi connectivity index (χ0n) is 11.4. The van der Waals surface area contributed by atoms with Gasteiger partial charge >= 0.3 is 0 Å². The first-order chi connectivity index (χ1) is 9.76. The van der Waals surface area contributed by atoms with Crippen LogP contribution in [0.5, 0.6) is 5.75 Å². The van der Waals surface area contributed by atoms with Crippen molar-refractivity contribution in [2.45, 2.75) is 32.0 Å². The van der Waals surface area contributed by atoms with Crippen molar-refractivity contribution >= 4 is 5.96 Å². The van der Waals surface area contributed by atoms with Crippen LogP contribution >= 0.6 is 0 Å². The number of guanidine groups is 1. The van der Waals surface area contributed by atoms with Gasteiger partial charge in [0.1, 0.15) is 11.6 Å². The molecule has 1 aromatic carbocycles. The molecule has 0 amide bonds. The predicted octanol–water partition coefficient (Wildman–Crippen LogP) is 1.52. The Bertz CT molecular complexity index is 529. The highest BCUT2D eigenvalue weighted by atomic mass is 19.1. The topological polar surface area (TPSA) is 54.9 Å². The third kappa shape index (κ3) is 3.01. The molecule has 0 bridgehead atoms. The summed E-state index contributed by atoms with van der Waals surface area (Å²) in [6.45, 7) is 1.06. The van der Waals surface area contributed by atoms with E-state index >= 15 is 0 Å². The molecular weight excluding hydrogens is 261 g/mol. The van der Waals surface area contributed by atoms with Crippen LogP contribution in [0.1, 0.15) is 24.0 Å². The first-order valence-corrected chi connectivity index (χ1v) is 6.75. The average molecular weight is 279 g/mol. The molecule has 1 heterocycles. The molecule has 1 fully saturated rings. The Balaban J connectivity index is 1.71.